The van der Waals surface area contributed by atoms with Crippen molar-refractivity contribution in [1.82, 2.24) is 14.8 Å². The third-order valence-corrected chi connectivity index (χ3v) is 6.26. The van der Waals surface area contributed by atoms with Gasteiger partial charge in [0.15, 0.2) is 5.65 Å². The first-order chi connectivity index (χ1) is 12.4. The Bertz CT molecular complexity index is 888. The van der Waals surface area contributed by atoms with E-state index in [0.717, 1.165) is 45.2 Å². The summed E-state index contributed by atoms with van der Waals surface area (Å²) in [6.07, 6.45) is 1.79. The van der Waals surface area contributed by atoms with Gasteiger partial charge in [0.05, 0.1) is 7.11 Å². The van der Waals surface area contributed by atoms with Gasteiger partial charge in [-0.3, -0.25) is 0 Å². The van der Waals surface area contributed by atoms with Crippen LogP contribution in [0.2, 0.25) is 25.7 Å². The number of halogens is 1. The maximum absolute atomic E-state index is 5.88. The molecule has 3 aromatic rings. The molecule has 0 radical (unpaired) electrons. The number of ether oxygens (including phenoxy) is 2. The monoisotopic (exact) mass is 433 g/mol. The molecule has 0 saturated carbocycles. The van der Waals surface area contributed by atoms with Crippen LogP contribution < -0.4 is 4.74 Å². The lowest BCUT2D eigenvalue weighted by molar-refractivity contribution is 0.0814. The van der Waals surface area contributed by atoms with Crippen LogP contribution in [0.5, 0.6) is 5.75 Å². The van der Waals surface area contributed by atoms with Crippen molar-refractivity contribution in [2.45, 2.75) is 32.4 Å². The van der Waals surface area contributed by atoms with E-state index in [1.165, 1.54) is 0 Å². The van der Waals surface area contributed by atoms with Crippen LogP contribution in [0.25, 0.3) is 22.3 Å². The first-order valence-electron chi connectivity index (χ1n) is 8.61. The highest BCUT2D eigenvalue weighted by molar-refractivity contribution is 9.10. The average molecular weight is 434 g/mol. The fourth-order valence-electron chi connectivity index (χ4n) is 2.62. The second-order valence-corrected chi connectivity index (χ2v) is 14.0. The van der Waals surface area contributed by atoms with Gasteiger partial charge in [-0.15, -0.1) is 0 Å². The molecule has 0 amide bonds. The molecule has 0 aliphatic rings. The van der Waals surface area contributed by atoms with Crippen molar-refractivity contribution in [3.63, 3.8) is 0 Å². The van der Waals surface area contributed by atoms with E-state index < -0.39 is 8.07 Å². The number of hydrogen-bond donors (Lipinski definition) is 0. The molecule has 138 valence electrons. The zero-order valence-corrected chi connectivity index (χ0v) is 18.2. The van der Waals surface area contributed by atoms with Crippen LogP contribution in [0.15, 0.2) is 41.0 Å². The van der Waals surface area contributed by atoms with Gasteiger partial charge in [0, 0.05) is 36.3 Å². The Morgan fingerprint density at radius 1 is 1.15 bits per heavy atom. The summed E-state index contributed by atoms with van der Waals surface area (Å²) in [6, 6.07) is 11.1. The van der Waals surface area contributed by atoms with Gasteiger partial charge in [-0.05, 0) is 52.3 Å². The summed E-state index contributed by atoms with van der Waals surface area (Å²) in [6.45, 7) is 8.21. The Balaban J connectivity index is 1.89. The number of aromatic nitrogens is 3. The van der Waals surface area contributed by atoms with Crippen molar-refractivity contribution in [2.24, 2.45) is 0 Å². The number of pyridine rings is 1. The highest BCUT2D eigenvalue weighted by Crippen LogP contribution is 2.30. The second kappa shape index (κ2) is 7.90. The molecule has 7 heteroatoms. The largest absolute Gasteiger partial charge is 0.497 e. The Hall–Kier alpha value is -1.70. The number of methoxy groups -OCH3 is 1. The highest BCUT2D eigenvalue weighted by Gasteiger charge is 2.16. The zero-order valence-electron chi connectivity index (χ0n) is 15.6. The summed E-state index contributed by atoms with van der Waals surface area (Å²) < 4.78 is 13.9. The molecule has 0 bridgehead atoms. The van der Waals surface area contributed by atoms with Gasteiger partial charge in [0.1, 0.15) is 18.2 Å². The smallest absolute Gasteiger partial charge is 0.160 e. The lowest BCUT2D eigenvalue weighted by Crippen LogP contribution is -2.22. The predicted octanol–water partition coefficient (Wildman–Crippen LogP) is 5.18. The maximum Gasteiger partial charge on any atom is 0.160 e. The summed E-state index contributed by atoms with van der Waals surface area (Å²) in [5.41, 5.74) is 2.74. The van der Waals surface area contributed by atoms with Crippen LogP contribution in [0.3, 0.4) is 0 Å². The molecule has 0 saturated heterocycles. The van der Waals surface area contributed by atoms with E-state index in [1.54, 1.807) is 13.3 Å². The fourth-order valence-corrected chi connectivity index (χ4v) is 3.70. The molecule has 0 N–H and O–H groups in total. The van der Waals surface area contributed by atoms with Crippen LogP contribution in [-0.4, -0.2) is 36.6 Å². The van der Waals surface area contributed by atoms with E-state index in [9.17, 15) is 0 Å². The summed E-state index contributed by atoms with van der Waals surface area (Å²) in [5, 5.41) is 5.77. The molecule has 26 heavy (non-hydrogen) atoms. The Kier molecular flexibility index (Phi) is 5.79. The van der Waals surface area contributed by atoms with E-state index in [-0.39, 0.29) is 0 Å². The predicted molar refractivity (Wildman–Crippen MR) is 111 cm³/mol. The molecule has 3 rings (SSSR count). The van der Waals surface area contributed by atoms with E-state index in [0.29, 0.717) is 6.73 Å². The van der Waals surface area contributed by atoms with E-state index in [2.05, 4.69) is 40.6 Å². The van der Waals surface area contributed by atoms with E-state index in [1.807, 2.05) is 35.0 Å². The van der Waals surface area contributed by atoms with Crippen molar-refractivity contribution < 1.29 is 9.47 Å². The van der Waals surface area contributed by atoms with Gasteiger partial charge < -0.3 is 9.47 Å². The van der Waals surface area contributed by atoms with Gasteiger partial charge in [-0.25, -0.2) is 9.67 Å². The SMILES string of the molecule is COc1ccc(-c2nn(COCC[Si](C)(C)C)c3ncc(Br)cc23)cc1. The van der Waals surface area contributed by atoms with Crippen molar-refractivity contribution in [3.8, 4) is 17.0 Å². The standard InChI is InChI=1S/C19H24BrN3O2Si/c1-24-16-7-5-14(6-8-16)18-17-11-15(20)12-21-19(17)23(22-18)13-25-9-10-26(2,3)4/h5-8,11-12H,9-10,13H2,1-4H3. The van der Waals surface area contributed by atoms with Gasteiger partial charge in [0.25, 0.3) is 0 Å². The lowest BCUT2D eigenvalue weighted by atomic mass is 10.1. The molecule has 0 aliphatic heterocycles. The first kappa shape index (κ1) is 19.1. The molecule has 0 unspecified atom stereocenters. The van der Waals surface area contributed by atoms with Crippen LogP contribution in [0.1, 0.15) is 0 Å². The molecule has 0 fully saturated rings. The van der Waals surface area contributed by atoms with Crippen molar-refractivity contribution in [1.29, 1.82) is 0 Å². The third-order valence-electron chi connectivity index (χ3n) is 4.13. The van der Waals surface area contributed by atoms with Gasteiger partial charge in [0.2, 0.25) is 0 Å². The van der Waals surface area contributed by atoms with Crippen LogP contribution in [-0.2, 0) is 11.5 Å². The molecule has 2 heterocycles. The maximum atomic E-state index is 5.88. The Morgan fingerprint density at radius 2 is 1.88 bits per heavy atom. The average Bonchev–Trinajstić information content (AvgIpc) is 2.96. The molecular formula is C19H24BrN3O2Si. The first-order valence-corrected chi connectivity index (χ1v) is 13.1. The number of hydrogen-bond acceptors (Lipinski definition) is 4. The van der Waals surface area contributed by atoms with Crippen LogP contribution in [0.4, 0.5) is 0 Å². The van der Waals surface area contributed by atoms with E-state index >= 15 is 0 Å². The zero-order chi connectivity index (χ0) is 18.7. The molecule has 0 spiro atoms. The minimum absolute atomic E-state index is 0.408. The highest BCUT2D eigenvalue weighted by atomic mass is 79.9. The Morgan fingerprint density at radius 3 is 2.54 bits per heavy atom. The topological polar surface area (TPSA) is 49.2 Å². The number of benzene rings is 1. The fraction of sp³-hybridized carbons (Fsp3) is 0.368. The van der Waals surface area contributed by atoms with Gasteiger partial charge in [-0.1, -0.05) is 19.6 Å². The molecule has 2 aromatic heterocycles. The van der Waals surface area contributed by atoms with Crippen LogP contribution >= 0.6 is 15.9 Å². The molecule has 1 aromatic carbocycles. The Labute approximate surface area is 163 Å². The second-order valence-electron chi connectivity index (χ2n) is 7.45. The summed E-state index contributed by atoms with van der Waals surface area (Å²) in [7, 11) is 0.563. The molecule has 5 nitrogen and oxygen atoms in total. The van der Waals surface area contributed by atoms with Crippen molar-refractivity contribution in [2.75, 3.05) is 13.7 Å². The minimum Gasteiger partial charge on any atom is -0.497 e. The van der Waals surface area contributed by atoms with E-state index in [4.69, 9.17) is 14.6 Å². The summed E-state index contributed by atoms with van der Waals surface area (Å²) >= 11 is 3.51. The normalized spacial score (nSPS) is 11.9. The number of nitrogens with zero attached hydrogens (tertiary/aromatic N) is 3. The minimum atomic E-state index is -1.10. The molecule has 0 atom stereocenters. The number of fused-ring (bicyclic) bond motifs is 1. The molecule has 0 aliphatic carbocycles. The molecular weight excluding hydrogens is 410 g/mol. The summed E-state index contributed by atoms with van der Waals surface area (Å²) in [4.78, 5) is 4.55. The summed E-state index contributed by atoms with van der Waals surface area (Å²) in [5.74, 6) is 0.825. The number of rotatable bonds is 7. The quantitative estimate of drug-likeness (QED) is 0.380. The van der Waals surface area contributed by atoms with Gasteiger partial charge in [-0.2, -0.15) is 5.10 Å². The van der Waals surface area contributed by atoms with Crippen LogP contribution in [0, 0.1) is 0 Å². The van der Waals surface area contributed by atoms with Crippen molar-refractivity contribution in [3.05, 3.63) is 41.0 Å². The van der Waals surface area contributed by atoms with Gasteiger partial charge >= 0.3 is 0 Å². The third kappa shape index (κ3) is 4.52. The lowest BCUT2D eigenvalue weighted by Gasteiger charge is -2.15. The van der Waals surface area contributed by atoms with Crippen molar-refractivity contribution >= 4 is 35.0 Å².